The lowest BCUT2D eigenvalue weighted by atomic mass is 9.68. The first-order valence-corrected chi connectivity index (χ1v) is 12.3. The van der Waals surface area contributed by atoms with Gasteiger partial charge in [0.1, 0.15) is 5.82 Å². The van der Waals surface area contributed by atoms with E-state index in [-0.39, 0.29) is 29.3 Å². The van der Waals surface area contributed by atoms with E-state index in [0.29, 0.717) is 19.0 Å². The zero-order valence-electron chi connectivity index (χ0n) is 19.8. The van der Waals surface area contributed by atoms with Gasteiger partial charge in [-0.2, -0.15) is 5.10 Å². The summed E-state index contributed by atoms with van der Waals surface area (Å²) in [7, 11) is 0. The fraction of sp³-hybridized carbons (Fsp3) is 0.500. The molecule has 3 atom stereocenters. The molecule has 2 N–H and O–H groups in total. The Kier molecular flexibility index (Phi) is 5.91. The van der Waals surface area contributed by atoms with E-state index in [1.165, 1.54) is 28.2 Å². The lowest BCUT2D eigenvalue weighted by Gasteiger charge is -2.37. The quantitative estimate of drug-likeness (QED) is 0.651. The summed E-state index contributed by atoms with van der Waals surface area (Å²) in [6, 6.07) is 5.86. The molecule has 2 fully saturated rings. The van der Waals surface area contributed by atoms with Gasteiger partial charge in [0.25, 0.3) is 0 Å². The third-order valence-electron chi connectivity index (χ3n) is 7.86. The zero-order chi connectivity index (χ0) is 23.9. The second-order valence-electron chi connectivity index (χ2n) is 10.00. The maximum Gasteiger partial charge on any atom is 0.325 e. The number of nitrogens with zero attached hydrogens (tertiary/aromatic N) is 3. The summed E-state index contributed by atoms with van der Waals surface area (Å²) in [5, 5.41) is 10.4. The van der Waals surface area contributed by atoms with Crippen molar-refractivity contribution in [2.24, 2.45) is 11.3 Å². The van der Waals surface area contributed by atoms with E-state index < -0.39 is 0 Å². The molecule has 4 amide bonds. The highest BCUT2D eigenvalue weighted by molar-refractivity contribution is 5.95. The molecule has 2 aliphatic carbocycles. The van der Waals surface area contributed by atoms with Crippen molar-refractivity contribution in [1.82, 2.24) is 25.3 Å². The predicted octanol–water partition coefficient (Wildman–Crippen LogP) is 4.66. The Bertz CT molecular complexity index is 1120. The van der Waals surface area contributed by atoms with Crippen LogP contribution in [0.5, 0.6) is 0 Å². The van der Waals surface area contributed by atoms with Crippen molar-refractivity contribution in [2.75, 3.05) is 13.1 Å². The van der Waals surface area contributed by atoms with Crippen LogP contribution in [0.4, 0.5) is 14.0 Å². The number of carbonyl (C=O) groups excluding carboxylic acids is 2. The van der Waals surface area contributed by atoms with Gasteiger partial charge in [0.15, 0.2) is 0 Å². The van der Waals surface area contributed by atoms with Crippen LogP contribution in [-0.2, 0) is 6.42 Å². The van der Waals surface area contributed by atoms with E-state index in [0.717, 1.165) is 49.9 Å². The van der Waals surface area contributed by atoms with Gasteiger partial charge in [-0.3, -0.25) is 0 Å². The average Bonchev–Trinajstić information content (AvgIpc) is 3.50. The minimum absolute atomic E-state index is 0.0192. The van der Waals surface area contributed by atoms with Crippen molar-refractivity contribution < 1.29 is 14.0 Å². The smallest absolute Gasteiger partial charge is 0.325 e. The molecule has 180 valence electrons. The number of urea groups is 2. The minimum atomic E-state index is -0.316. The Balaban J connectivity index is 1.33. The lowest BCUT2D eigenvalue weighted by Crippen LogP contribution is -2.47. The van der Waals surface area contributed by atoms with Gasteiger partial charge in [-0.05, 0) is 79.3 Å². The number of benzene rings is 1. The van der Waals surface area contributed by atoms with Gasteiger partial charge in [-0.15, -0.1) is 0 Å². The van der Waals surface area contributed by atoms with Crippen molar-refractivity contribution in [3.63, 3.8) is 0 Å². The second-order valence-corrected chi connectivity index (χ2v) is 10.00. The van der Waals surface area contributed by atoms with Crippen LogP contribution in [0.3, 0.4) is 0 Å². The van der Waals surface area contributed by atoms with Crippen LogP contribution in [-0.4, -0.2) is 45.9 Å². The summed E-state index contributed by atoms with van der Waals surface area (Å²) < 4.78 is 15.3. The second kappa shape index (κ2) is 8.89. The molecule has 1 saturated carbocycles. The van der Waals surface area contributed by atoms with Crippen LogP contribution in [0.1, 0.15) is 57.2 Å². The standard InChI is InChI=1S/C26H32FN5O2/c1-3-4-21(30-25(34)31-12-11-28-24(31)33)13-18-5-6-19-14-23-17(15-26(18,19)2)16-29-32(23)22-9-7-20(27)8-10-22/h7-10,14,16,18,21H,3-6,11-13,15H2,1-2H3,(H,28,33)(H,30,34). The number of imide groups is 1. The molecule has 5 rings (SSSR count). The minimum Gasteiger partial charge on any atom is -0.336 e. The van der Waals surface area contributed by atoms with Crippen molar-refractivity contribution in [2.45, 2.75) is 58.4 Å². The number of rotatable bonds is 6. The Morgan fingerprint density at radius 1 is 1.35 bits per heavy atom. The van der Waals surface area contributed by atoms with Gasteiger partial charge in [0.2, 0.25) is 0 Å². The van der Waals surface area contributed by atoms with E-state index in [2.05, 4.69) is 35.7 Å². The van der Waals surface area contributed by atoms with Crippen LogP contribution in [0, 0.1) is 17.2 Å². The zero-order valence-corrected chi connectivity index (χ0v) is 19.8. The number of halogens is 1. The number of hydrogen-bond acceptors (Lipinski definition) is 3. The number of aromatic nitrogens is 2. The van der Waals surface area contributed by atoms with E-state index in [4.69, 9.17) is 0 Å². The number of fused-ring (bicyclic) bond motifs is 2. The molecule has 0 radical (unpaired) electrons. The van der Waals surface area contributed by atoms with Crippen molar-refractivity contribution >= 4 is 18.1 Å². The van der Waals surface area contributed by atoms with Crippen molar-refractivity contribution in [3.8, 4) is 5.69 Å². The average molecular weight is 466 g/mol. The number of amides is 4. The number of allylic oxidation sites excluding steroid dienone is 1. The molecule has 0 spiro atoms. The Morgan fingerprint density at radius 3 is 2.85 bits per heavy atom. The van der Waals surface area contributed by atoms with Crippen molar-refractivity contribution in [1.29, 1.82) is 0 Å². The molecule has 3 aliphatic rings. The third kappa shape index (κ3) is 3.99. The summed E-state index contributed by atoms with van der Waals surface area (Å²) in [6.07, 6.45) is 9.97. The van der Waals surface area contributed by atoms with Gasteiger partial charge >= 0.3 is 12.1 Å². The largest absolute Gasteiger partial charge is 0.336 e. The van der Waals surface area contributed by atoms with Gasteiger partial charge < -0.3 is 10.6 Å². The highest BCUT2D eigenvalue weighted by atomic mass is 19.1. The van der Waals surface area contributed by atoms with Crippen LogP contribution in [0.2, 0.25) is 0 Å². The van der Waals surface area contributed by atoms with E-state index in [9.17, 15) is 14.0 Å². The molecule has 3 unspecified atom stereocenters. The molecule has 0 bridgehead atoms. The molecular formula is C26H32FN5O2. The Labute approximate surface area is 199 Å². The van der Waals surface area contributed by atoms with Crippen LogP contribution in [0.25, 0.3) is 11.8 Å². The monoisotopic (exact) mass is 465 g/mol. The maximum absolute atomic E-state index is 13.4. The first-order chi connectivity index (χ1) is 16.4. The topological polar surface area (TPSA) is 79.3 Å². The van der Waals surface area contributed by atoms with Crippen molar-refractivity contribution in [3.05, 3.63) is 53.1 Å². The fourth-order valence-electron chi connectivity index (χ4n) is 5.96. The van der Waals surface area contributed by atoms with Gasteiger partial charge in [-0.1, -0.05) is 25.8 Å². The van der Waals surface area contributed by atoms with E-state index in [1.807, 2.05) is 10.9 Å². The summed E-state index contributed by atoms with van der Waals surface area (Å²) >= 11 is 0. The molecule has 7 nitrogen and oxygen atoms in total. The molecule has 1 aromatic carbocycles. The van der Waals surface area contributed by atoms with Gasteiger partial charge in [-0.25, -0.2) is 23.6 Å². The van der Waals surface area contributed by atoms with Crippen LogP contribution in [0.15, 0.2) is 36.0 Å². The summed E-state index contributed by atoms with van der Waals surface area (Å²) in [5.41, 5.74) is 4.58. The Morgan fingerprint density at radius 2 is 2.15 bits per heavy atom. The van der Waals surface area contributed by atoms with Crippen LogP contribution < -0.4 is 10.6 Å². The molecule has 2 heterocycles. The molecule has 1 aromatic heterocycles. The number of carbonyl (C=O) groups is 2. The molecule has 34 heavy (non-hydrogen) atoms. The van der Waals surface area contributed by atoms with E-state index in [1.54, 1.807) is 12.1 Å². The molecule has 2 aromatic rings. The Hall–Kier alpha value is -3.16. The molecule has 8 heteroatoms. The normalized spacial score (nSPS) is 24.3. The van der Waals surface area contributed by atoms with Gasteiger partial charge in [0.05, 0.1) is 17.6 Å². The van der Waals surface area contributed by atoms with E-state index >= 15 is 0 Å². The first-order valence-electron chi connectivity index (χ1n) is 12.3. The lowest BCUT2D eigenvalue weighted by molar-refractivity contribution is 0.187. The number of hydrogen-bond donors (Lipinski definition) is 2. The summed E-state index contributed by atoms with van der Waals surface area (Å²) in [6.45, 7) is 5.39. The fourth-order valence-corrected chi connectivity index (χ4v) is 5.96. The number of nitrogens with one attached hydrogen (secondary N) is 2. The summed E-state index contributed by atoms with van der Waals surface area (Å²) in [4.78, 5) is 25.9. The summed E-state index contributed by atoms with van der Waals surface area (Å²) in [5.74, 6) is 0.179. The van der Waals surface area contributed by atoms with Gasteiger partial charge in [0, 0.05) is 19.1 Å². The SMILES string of the molecule is CCCC(CC1CCC2=Cc3c(cnn3-c3ccc(F)cc3)CC21C)NC(=O)N1CCNC1=O. The highest BCUT2D eigenvalue weighted by Crippen LogP contribution is 2.54. The molecule has 1 aliphatic heterocycles. The third-order valence-corrected chi connectivity index (χ3v) is 7.86. The molecule has 1 saturated heterocycles. The van der Waals surface area contributed by atoms with Crippen LogP contribution >= 0.6 is 0 Å². The highest BCUT2D eigenvalue weighted by Gasteiger charge is 2.46. The predicted molar refractivity (Wildman–Crippen MR) is 128 cm³/mol. The first kappa shape index (κ1) is 22.6. The maximum atomic E-state index is 13.4. The molecular weight excluding hydrogens is 433 g/mol.